The molecule has 0 unspecified atom stereocenters. The summed E-state index contributed by atoms with van der Waals surface area (Å²) >= 11 is 0. The summed E-state index contributed by atoms with van der Waals surface area (Å²) in [7, 11) is 0. The Morgan fingerprint density at radius 2 is 1.97 bits per heavy atom. The molecule has 2 heterocycles. The van der Waals surface area contributed by atoms with Gasteiger partial charge in [0.05, 0.1) is 11.3 Å². The smallest absolute Gasteiger partial charge is 0.335 e. The van der Waals surface area contributed by atoms with Crippen LogP contribution in [0.2, 0.25) is 0 Å². The fraction of sp³-hybridized carbons (Fsp3) is 0.240. The van der Waals surface area contributed by atoms with E-state index in [0.717, 1.165) is 41.7 Å². The SMILES string of the molecule is Cc1c(C(=O)O)ccc2c1CC[C@@H]2NCc1cc(C(=O)NCc2ccc(F)c(F)c2)n2ncnc2n1. The van der Waals surface area contributed by atoms with E-state index >= 15 is 0 Å². The van der Waals surface area contributed by atoms with Crippen molar-refractivity contribution in [3.8, 4) is 0 Å². The highest BCUT2D eigenvalue weighted by Gasteiger charge is 2.26. The van der Waals surface area contributed by atoms with E-state index in [-0.39, 0.29) is 24.1 Å². The van der Waals surface area contributed by atoms with Crippen molar-refractivity contribution in [3.05, 3.63) is 93.6 Å². The van der Waals surface area contributed by atoms with E-state index in [4.69, 9.17) is 0 Å². The fourth-order valence-electron chi connectivity index (χ4n) is 4.59. The Morgan fingerprint density at radius 3 is 2.75 bits per heavy atom. The molecule has 1 aliphatic rings. The monoisotopic (exact) mass is 492 g/mol. The van der Waals surface area contributed by atoms with Gasteiger partial charge in [-0.05, 0) is 66.3 Å². The highest BCUT2D eigenvalue weighted by molar-refractivity contribution is 5.93. The maximum atomic E-state index is 13.5. The molecule has 1 amide bonds. The standard InChI is InChI=1S/C25H22F2N6O3/c1-13-16-5-7-21(18(16)4-3-17(13)24(35)36)28-11-15-9-22(33-25(32-15)30-12-31-33)23(34)29-10-14-2-6-19(26)20(27)8-14/h2-4,6,8-9,12,21,28H,5,7,10-11H2,1H3,(H,29,34)(H,35,36)/t21-/m0/s1. The zero-order chi connectivity index (χ0) is 25.4. The molecule has 0 fully saturated rings. The van der Waals surface area contributed by atoms with Crippen LogP contribution in [0.25, 0.3) is 5.78 Å². The van der Waals surface area contributed by atoms with Gasteiger partial charge in [-0.25, -0.2) is 18.6 Å². The van der Waals surface area contributed by atoms with Crippen molar-refractivity contribution in [2.75, 3.05) is 0 Å². The second-order valence-electron chi connectivity index (χ2n) is 8.62. The van der Waals surface area contributed by atoms with Gasteiger partial charge in [0.1, 0.15) is 12.0 Å². The van der Waals surface area contributed by atoms with Crippen LogP contribution in [0.5, 0.6) is 0 Å². The summed E-state index contributed by atoms with van der Waals surface area (Å²) in [5.74, 6) is -3.10. The van der Waals surface area contributed by atoms with Crippen molar-refractivity contribution in [1.82, 2.24) is 30.2 Å². The first kappa shape index (κ1) is 23.5. The minimum Gasteiger partial charge on any atom is -0.478 e. The molecule has 184 valence electrons. The molecule has 3 N–H and O–H groups in total. The van der Waals surface area contributed by atoms with Crippen molar-refractivity contribution < 1.29 is 23.5 Å². The average molecular weight is 492 g/mol. The Balaban J connectivity index is 1.32. The molecule has 0 spiro atoms. The van der Waals surface area contributed by atoms with Gasteiger partial charge in [-0.2, -0.15) is 14.6 Å². The molecule has 2 aromatic heterocycles. The number of nitrogens with one attached hydrogen (secondary N) is 2. The first-order chi connectivity index (χ1) is 17.3. The molecule has 11 heteroatoms. The second kappa shape index (κ2) is 9.42. The molecular weight excluding hydrogens is 470 g/mol. The topological polar surface area (TPSA) is 122 Å². The van der Waals surface area contributed by atoms with Crippen LogP contribution in [0.3, 0.4) is 0 Å². The maximum absolute atomic E-state index is 13.5. The zero-order valence-corrected chi connectivity index (χ0v) is 19.3. The molecule has 0 radical (unpaired) electrons. The van der Waals surface area contributed by atoms with Crippen molar-refractivity contribution in [1.29, 1.82) is 0 Å². The quantitative estimate of drug-likeness (QED) is 0.362. The van der Waals surface area contributed by atoms with Crippen LogP contribution in [0.15, 0.2) is 42.7 Å². The molecule has 0 bridgehead atoms. The number of carboxylic acids is 1. The summed E-state index contributed by atoms with van der Waals surface area (Å²) in [6.07, 6.45) is 2.88. The highest BCUT2D eigenvalue weighted by Crippen LogP contribution is 2.34. The number of nitrogens with zero attached hydrogens (tertiary/aromatic N) is 4. The van der Waals surface area contributed by atoms with Crippen LogP contribution in [0.4, 0.5) is 8.78 Å². The lowest BCUT2D eigenvalue weighted by Crippen LogP contribution is -2.27. The number of halogens is 2. The van der Waals surface area contributed by atoms with Gasteiger partial charge in [0, 0.05) is 19.1 Å². The van der Waals surface area contributed by atoms with Crippen LogP contribution >= 0.6 is 0 Å². The van der Waals surface area contributed by atoms with Crippen molar-refractivity contribution in [2.24, 2.45) is 0 Å². The van der Waals surface area contributed by atoms with Gasteiger partial charge in [0.2, 0.25) is 0 Å². The Labute approximate surface area is 204 Å². The number of amides is 1. The maximum Gasteiger partial charge on any atom is 0.335 e. The average Bonchev–Trinajstić information content (AvgIpc) is 3.50. The van der Waals surface area contributed by atoms with E-state index in [1.807, 2.05) is 13.0 Å². The number of benzene rings is 2. The van der Waals surface area contributed by atoms with Gasteiger partial charge in [0.15, 0.2) is 11.6 Å². The normalized spacial score (nSPS) is 14.7. The third-order valence-electron chi connectivity index (χ3n) is 6.43. The molecular formula is C25H22F2N6O3. The lowest BCUT2D eigenvalue weighted by molar-refractivity contribution is 0.0695. The summed E-state index contributed by atoms with van der Waals surface area (Å²) < 4.78 is 28.0. The number of fused-ring (bicyclic) bond motifs is 2. The molecule has 4 aromatic rings. The van der Waals surface area contributed by atoms with Gasteiger partial charge in [-0.15, -0.1) is 0 Å². The highest BCUT2D eigenvalue weighted by atomic mass is 19.2. The molecule has 2 aromatic carbocycles. The number of carbonyl (C=O) groups is 2. The van der Waals surface area contributed by atoms with Crippen LogP contribution in [0.1, 0.15) is 61.3 Å². The van der Waals surface area contributed by atoms with Gasteiger partial charge < -0.3 is 15.7 Å². The fourth-order valence-corrected chi connectivity index (χ4v) is 4.59. The molecule has 1 atom stereocenters. The molecule has 0 aliphatic heterocycles. The lowest BCUT2D eigenvalue weighted by atomic mass is 9.98. The van der Waals surface area contributed by atoms with Crippen molar-refractivity contribution >= 4 is 17.7 Å². The summed E-state index contributed by atoms with van der Waals surface area (Å²) in [4.78, 5) is 32.9. The Bertz CT molecular complexity index is 1500. The minimum absolute atomic E-state index is 0.00132. The summed E-state index contributed by atoms with van der Waals surface area (Å²) in [5, 5.41) is 19.6. The number of aromatic carboxylic acids is 1. The number of hydrogen-bond acceptors (Lipinski definition) is 6. The van der Waals surface area contributed by atoms with Gasteiger partial charge in [0.25, 0.3) is 11.7 Å². The first-order valence-electron chi connectivity index (χ1n) is 11.3. The molecule has 0 saturated carbocycles. The lowest BCUT2D eigenvalue weighted by Gasteiger charge is -2.15. The van der Waals surface area contributed by atoms with Gasteiger partial charge >= 0.3 is 5.97 Å². The van der Waals surface area contributed by atoms with E-state index in [0.29, 0.717) is 23.4 Å². The van der Waals surface area contributed by atoms with Crippen molar-refractivity contribution in [2.45, 2.75) is 38.9 Å². The number of carboxylic acid groups (broad SMARTS) is 1. The third kappa shape index (κ3) is 4.40. The molecule has 9 nitrogen and oxygen atoms in total. The molecule has 5 rings (SSSR count). The van der Waals surface area contributed by atoms with E-state index < -0.39 is 23.5 Å². The summed E-state index contributed by atoms with van der Waals surface area (Å²) in [6, 6.07) is 8.53. The number of hydrogen-bond donors (Lipinski definition) is 3. The first-order valence-corrected chi connectivity index (χ1v) is 11.3. The largest absolute Gasteiger partial charge is 0.478 e. The predicted molar refractivity (Wildman–Crippen MR) is 124 cm³/mol. The molecule has 36 heavy (non-hydrogen) atoms. The third-order valence-corrected chi connectivity index (χ3v) is 6.43. The summed E-state index contributed by atoms with van der Waals surface area (Å²) in [5.41, 5.74) is 4.39. The van der Waals surface area contributed by atoms with E-state index in [1.165, 1.54) is 16.9 Å². The molecule has 0 saturated heterocycles. The number of carbonyl (C=O) groups excluding carboxylic acids is 1. The Hall–Kier alpha value is -4.25. The van der Waals surface area contributed by atoms with Crippen molar-refractivity contribution in [3.63, 3.8) is 0 Å². The number of rotatable bonds is 7. The zero-order valence-electron chi connectivity index (χ0n) is 19.3. The van der Waals surface area contributed by atoms with Gasteiger partial charge in [-0.1, -0.05) is 12.1 Å². The Morgan fingerprint density at radius 1 is 1.14 bits per heavy atom. The van der Waals surface area contributed by atoms with E-state index in [1.54, 1.807) is 12.1 Å². The molecule has 1 aliphatic carbocycles. The van der Waals surface area contributed by atoms with Gasteiger partial charge in [-0.3, -0.25) is 4.79 Å². The van der Waals surface area contributed by atoms with Crippen LogP contribution in [-0.4, -0.2) is 36.6 Å². The van der Waals surface area contributed by atoms with E-state index in [2.05, 4.69) is 25.7 Å². The van der Waals surface area contributed by atoms with Crippen LogP contribution in [0, 0.1) is 18.6 Å². The van der Waals surface area contributed by atoms with E-state index in [9.17, 15) is 23.5 Å². The van der Waals surface area contributed by atoms with Crippen LogP contribution < -0.4 is 10.6 Å². The Kier molecular flexibility index (Phi) is 6.15. The predicted octanol–water partition coefficient (Wildman–Crippen LogP) is 3.12. The van der Waals surface area contributed by atoms with Crippen LogP contribution in [-0.2, 0) is 19.5 Å². The minimum atomic E-state index is -0.986. The number of aromatic nitrogens is 4. The second-order valence-corrected chi connectivity index (χ2v) is 8.62. The summed E-state index contributed by atoms with van der Waals surface area (Å²) in [6.45, 7) is 2.17.